The van der Waals surface area contributed by atoms with E-state index >= 15 is 0 Å². The van der Waals surface area contributed by atoms with Crippen LogP contribution < -0.4 is 15.4 Å². The number of carbonyl (C=O) groups excluding carboxylic acids is 2. The van der Waals surface area contributed by atoms with Gasteiger partial charge in [0, 0.05) is 32.6 Å². The number of benzene rings is 1. The molecule has 1 saturated heterocycles. The summed E-state index contributed by atoms with van der Waals surface area (Å²) in [6.07, 6.45) is 1.46. The Hall–Kier alpha value is -2.38. The molecule has 132 valence electrons. The number of rotatable bonds is 5. The van der Waals surface area contributed by atoms with E-state index in [2.05, 4.69) is 15.4 Å². The molecule has 1 aromatic carbocycles. The molecule has 0 saturated carbocycles. The molecule has 24 heavy (non-hydrogen) atoms. The second-order valence-corrected chi connectivity index (χ2v) is 5.63. The van der Waals surface area contributed by atoms with Crippen LogP contribution in [0, 0.1) is 0 Å². The molecule has 2 N–H and O–H groups in total. The van der Waals surface area contributed by atoms with Crippen molar-refractivity contribution in [2.75, 3.05) is 13.1 Å². The molecule has 0 atom stereocenters. The standard InChI is InChI=1S/C16H21F2N3O3/c1-11(22)21-8-6-13(7-9-21)20-16(23)19-10-12-2-4-14(5-3-12)24-15(17)18/h2-5,13,15H,6-10H2,1H3,(H2,19,20,23). The van der Waals surface area contributed by atoms with Gasteiger partial charge in [-0.05, 0) is 30.5 Å². The van der Waals surface area contributed by atoms with Gasteiger partial charge in [-0.3, -0.25) is 4.79 Å². The molecule has 1 aromatic rings. The topological polar surface area (TPSA) is 70.7 Å². The van der Waals surface area contributed by atoms with E-state index in [1.165, 1.54) is 19.1 Å². The summed E-state index contributed by atoms with van der Waals surface area (Å²) in [7, 11) is 0. The highest BCUT2D eigenvalue weighted by molar-refractivity contribution is 5.75. The molecule has 6 nitrogen and oxygen atoms in total. The highest BCUT2D eigenvalue weighted by atomic mass is 19.3. The van der Waals surface area contributed by atoms with E-state index < -0.39 is 6.61 Å². The van der Waals surface area contributed by atoms with E-state index in [0.29, 0.717) is 13.1 Å². The normalized spacial score (nSPS) is 15.2. The fraction of sp³-hybridized carbons (Fsp3) is 0.500. The lowest BCUT2D eigenvalue weighted by Gasteiger charge is -2.31. The van der Waals surface area contributed by atoms with Gasteiger partial charge >= 0.3 is 12.6 Å². The number of ether oxygens (including phenoxy) is 1. The minimum absolute atomic E-state index is 0.0439. The third-order valence-corrected chi connectivity index (χ3v) is 3.88. The lowest BCUT2D eigenvalue weighted by Crippen LogP contribution is -2.48. The number of nitrogens with one attached hydrogen (secondary N) is 2. The molecule has 0 unspecified atom stereocenters. The minimum atomic E-state index is -2.85. The van der Waals surface area contributed by atoms with Gasteiger partial charge < -0.3 is 20.3 Å². The average Bonchev–Trinajstić information content (AvgIpc) is 2.54. The summed E-state index contributed by atoms with van der Waals surface area (Å²) in [4.78, 5) is 24.9. The van der Waals surface area contributed by atoms with Crippen LogP contribution in [0.2, 0.25) is 0 Å². The molecule has 0 spiro atoms. The third kappa shape index (κ3) is 5.68. The van der Waals surface area contributed by atoms with Crippen LogP contribution >= 0.6 is 0 Å². The number of hydrogen-bond acceptors (Lipinski definition) is 3. The number of alkyl halides is 2. The quantitative estimate of drug-likeness (QED) is 0.862. The first kappa shape index (κ1) is 18.0. The molecule has 0 aromatic heterocycles. The summed E-state index contributed by atoms with van der Waals surface area (Å²) in [6, 6.07) is 5.84. The molecule has 0 aliphatic carbocycles. The number of nitrogens with zero attached hydrogens (tertiary/aromatic N) is 1. The Morgan fingerprint density at radius 3 is 2.42 bits per heavy atom. The molecule has 8 heteroatoms. The molecule has 3 amide bonds. The molecule has 1 fully saturated rings. The van der Waals surface area contributed by atoms with Gasteiger partial charge in [0.25, 0.3) is 0 Å². The van der Waals surface area contributed by atoms with Crippen molar-refractivity contribution in [2.24, 2.45) is 0 Å². The second kappa shape index (κ2) is 8.47. The zero-order valence-electron chi connectivity index (χ0n) is 13.4. The van der Waals surface area contributed by atoms with E-state index in [-0.39, 0.29) is 30.3 Å². The molecular formula is C16H21F2N3O3. The van der Waals surface area contributed by atoms with Crippen LogP contribution in [-0.4, -0.2) is 42.6 Å². The maximum Gasteiger partial charge on any atom is 0.387 e. The first-order valence-electron chi connectivity index (χ1n) is 7.77. The van der Waals surface area contributed by atoms with Crippen LogP contribution in [0.5, 0.6) is 5.75 Å². The summed E-state index contributed by atoms with van der Waals surface area (Å²) in [6.45, 7) is 0.261. The van der Waals surface area contributed by atoms with Crippen molar-refractivity contribution >= 4 is 11.9 Å². The summed E-state index contributed by atoms with van der Waals surface area (Å²) in [5.74, 6) is 0.132. The lowest BCUT2D eigenvalue weighted by molar-refractivity contribution is -0.129. The van der Waals surface area contributed by atoms with Gasteiger partial charge in [-0.15, -0.1) is 0 Å². The van der Waals surface area contributed by atoms with E-state index in [0.717, 1.165) is 18.4 Å². The molecule has 1 aliphatic heterocycles. The lowest BCUT2D eigenvalue weighted by atomic mass is 10.1. The van der Waals surface area contributed by atoms with Gasteiger partial charge in [-0.2, -0.15) is 8.78 Å². The van der Waals surface area contributed by atoms with Crippen molar-refractivity contribution in [3.63, 3.8) is 0 Å². The summed E-state index contributed by atoms with van der Waals surface area (Å²) in [5.41, 5.74) is 0.776. The molecular weight excluding hydrogens is 320 g/mol. The summed E-state index contributed by atoms with van der Waals surface area (Å²) in [5, 5.41) is 5.60. The van der Waals surface area contributed by atoms with Crippen molar-refractivity contribution in [1.82, 2.24) is 15.5 Å². The maximum atomic E-state index is 12.1. The van der Waals surface area contributed by atoms with E-state index in [9.17, 15) is 18.4 Å². The van der Waals surface area contributed by atoms with Gasteiger partial charge in [0.1, 0.15) is 5.75 Å². The predicted octanol–water partition coefficient (Wildman–Crippen LogP) is 2.10. The molecule has 0 radical (unpaired) electrons. The fourth-order valence-corrected chi connectivity index (χ4v) is 2.55. The Labute approximate surface area is 139 Å². The maximum absolute atomic E-state index is 12.1. The Balaban J connectivity index is 1.70. The average molecular weight is 341 g/mol. The van der Waals surface area contributed by atoms with Gasteiger partial charge in [0.15, 0.2) is 0 Å². The summed E-state index contributed by atoms with van der Waals surface area (Å²) < 4.78 is 28.4. The van der Waals surface area contributed by atoms with Crippen LogP contribution in [0.1, 0.15) is 25.3 Å². The number of amides is 3. The van der Waals surface area contributed by atoms with Crippen LogP contribution in [0.4, 0.5) is 13.6 Å². The van der Waals surface area contributed by atoms with E-state index in [1.807, 2.05) is 0 Å². The second-order valence-electron chi connectivity index (χ2n) is 5.63. The largest absolute Gasteiger partial charge is 0.435 e. The number of urea groups is 1. The van der Waals surface area contributed by atoms with Crippen LogP contribution in [0.3, 0.4) is 0 Å². The summed E-state index contributed by atoms with van der Waals surface area (Å²) >= 11 is 0. The van der Waals surface area contributed by atoms with E-state index in [1.54, 1.807) is 17.0 Å². The van der Waals surface area contributed by atoms with Gasteiger partial charge in [-0.1, -0.05) is 12.1 Å². The van der Waals surface area contributed by atoms with Crippen molar-refractivity contribution in [3.05, 3.63) is 29.8 Å². The number of hydrogen-bond donors (Lipinski definition) is 2. The van der Waals surface area contributed by atoms with Gasteiger partial charge in [0.2, 0.25) is 5.91 Å². The minimum Gasteiger partial charge on any atom is -0.435 e. The number of halogens is 2. The first-order valence-corrected chi connectivity index (χ1v) is 7.77. The van der Waals surface area contributed by atoms with Gasteiger partial charge in [0.05, 0.1) is 0 Å². The number of carbonyl (C=O) groups is 2. The Bertz CT molecular complexity index is 558. The van der Waals surface area contributed by atoms with Crippen molar-refractivity contribution < 1.29 is 23.1 Å². The zero-order valence-corrected chi connectivity index (χ0v) is 13.4. The smallest absolute Gasteiger partial charge is 0.387 e. The zero-order chi connectivity index (χ0) is 17.5. The monoisotopic (exact) mass is 341 g/mol. The van der Waals surface area contributed by atoms with Crippen LogP contribution in [-0.2, 0) is 11.3 Å². The Morgan fingerprint density at radius 2 is 1.88 bits per heavy atom. The van der Waals surface area contributed by atoms with E-state index in [4.69, 9.17) is 0 Å². The molecule has 2 rings (SSSR count). The fourth-order valence-electron chi connectivity index (χ4n) is 2.55. The van der Waals surface area contributed by atoms with Gasteiger partial charge in [-0.25, -0.2) is 4.79 Å². The van der Waals surface area contributed by atoms with Crippen molar-refractivity contribution in [1.29, 1.82) is 0 Å². The predicted molar refractivity (Wildman–Crippen MR) is 83.7 cm³/mol. The third-order valence-electron chi connectivity index (χ3n) is 3.88. The Kier molecular flexibility index (Phi) is 6.34. The number of piperidine rings is 1. The molecule has 1 heterocycles. The first-order chi connectivity index (χ1) is 11.4. The van der Waals surface area contributed by atoms with Crippen LogP contribution in [0.15, 0.2) is 24.3 Å². The van der Waals surface area contributed by atoms with Crippen molar-refractivity contribution in [3.8, 4) is 5.75 Å². The van der Waals surface area contributed by atoms with Crippen molar-refractivity contribution in [2.45, 2.75) is 39.0 Å². The number of likely N-dealkylation sites (tertiary alicyclic amines) is 1. The Morgan fingerprint density at radius 1 is 1.25 bits per heavy atom. The molecule has 1 aliphatic rings. The highest BCUT2D eigenvalue weighted by Crippen LogP contribution is 2.15. The SMILES string of the molecule is CC(=O)N1CCC(NC(=O)NCc2ccc(OC(F)F)cc2)CC1. The van der Waals surface area contributed by atoms with Crippen LogP contribution in [0.25, 0.3) is 0 Å². The highest BCUT2D eigenvalue weighted by Gasteiger charge is 2.21. The molecule has 0 bridgehead atoms.